The largest absolute Gasteiger partial charge is 0.444 e. The second-order valence-corrected chi connectivity index (χ2v) is 7.81. The summed E-state index contributed by atoms with van der Waals surface area (Å²) in [5.74, 6) is 0.401. The van der Waals surface area contributed by atoms with Crippen LogP contribution < -0.4 is 16.0 Å². The van der Waals surface area contributed by atoms with Crippen molar-refractivity contribution in [3.63, 3.8) is 0 Å². The van der Waals surface area contributed by atoms with Gasteiger partial charge in [0.1, 0.15) is 11.5 Å². The van der Waals surface area contributed by atoms with Crippen LogP contribution in [0.2, 0.25) is 0 Å². The lowest BCUT2D eigenvalue weighted by molar-refractivity contribution is -0.120. The Hall–Kier alpha value is -1.95. The molecule has 1 fully saturated rings. The Morgan fingerprint density at radius 1 is 1.15 bits per heavy atom. The molecule has 0 radical (unpaired) electrons. The molecule has 1 aliphatic carbocycles. The molecular weight excluding hydrogens is 354 g/mol. The van der Waals surface area contributed by atoms with Crippen LogP contribution in [0.1, 0.15) is 45.1 Å². The summed E-state index contributed by atoms with van der Waals surface area (Å²) in [6.45, 7) is 6.61. The minimum atomic E-state index is -0.485. The van der Waals surface area contributed by atoms with Crippen LogP contribution in [0.5, 0.6) is 0 Å². The van der Waals surface area contributed by atoms with Crippen molar-refractivity contribution in [2.75, 3.05) is 24.3 Å². The van der Waals surface area contributed by atoms with Gasteiger partial charge in [0, 0.05) is 24.8 Å². The van der Waals surface area contributed by atoms with Gasteiger partial charge in [0.25, 0.3) is 0 Å². The third-order valence-electron chi connectivity index (χ3n) is 4.13. The van der Waals surface area contributed by atoms with E-state index in [0.717, 1.165) is 18.5 Å². The maximum absolute atomic E-state index is 11.5. The summed E-state index contributed by atoms with van der Waals surface area (Å²) in [6.07, 6.45) is 1.50. The molecule has 1 aromatic carbocycles. The van der Waals surface area contributed by atoms with Gasteiger partial charge in [0.15, 0.2) is 0 Å². The van der Waals surface area contributed by atoms with Crippen molar-refractivity contribution in [3.05, 3.63) is 29.8 Å². The number of alkyl carbamates (subject to hydrolysis) is 1. The third kappa shape index (κ3) is 6.75. The summed E-state index contributed by atoms with van der Waals surface area (Å²) in [7, 11) is 0. The molecular formula is C19H28ClN3O3. The maximum atomic E-state index is 11.5. The number of carbonyl (C=O) groups is 2. The van der Waals surface area contributed by atoms with E-state index in [0.29, 0.717) is 19.0 Å². The average molecular weight is 382 g/mol. The number of carbonyl (C=O) groups excluding carboxylic acids is 2. The second-order valence-electron chi connectivity index (χ2n) is 7.54. The van der Waals surface area contributed by atoms with Crippen LogP contribution in [-0.2, 0) is 9.53 Å². The lowest BCUT2D eigenvalue weighted by atomic mass is 9.76. The zero-order valence-electron chi connectivity index (χ0n) is 15.6. The van der Waals surface area contributed by atoms with Gasteiger partial charge >= 0.3 is 6.09 Å². The Balaban J connectivity index is 1.66. The molecule has 0 atom stereocenters. The van der Waals surface area contributed by atoms with Crippen LogP contribution in [0.3, 0.4) is 0 Å². The van der Waals surface area contributed by atoms with E-state index in [1.165, 1.54) is 5.56 Å². The SMILES string of the molecule is CC(C)(C)OC(=O)NCCNc1ccc(C2CC(NC(=O)CCl)C2)cc1. The molecule has 26 heavy (non-hydrogen) atoms. The molecule has 0 unspecified atom stereocenters. The lowest BCUT2D eigenvalue weighted by Gasteiger charge is -2.36. The number of amides is 2. The van der Waals surface area contributed by atoms with Gasteiger partial charge in [-0.15, -0.1) is 11.6 Å². The van der Waals surface area contributed by atoms with Crippen LogP contribution in [-0.4, -0.2) is 42.6 Å². The molecule has 0 aromatic heterocycles. The highest BCUT2D eigenvalue weighted by atomic mass is 35.5. The smallest absolute Gasteiger partial charge is 0.407 e. The van der Waals surface area contributed by atoms with Crippen LogP contribution in [0.15, 0.2) is 24.3 Å². The molecule has 2 rings (SSSR count). The fourth-order valence-electron chi connectivity index (χ4n) is 2.83. The minimum Gasteiger partial charge on any atom is -0.444 e. The van der Waals surface area contributed by atoms with E-state index in [-0.39, 0.29) is 17.8 Å². The summed E-state index contributed by atoms with van der Waals surface area (Å²) in [5, 5.41) is 8.89. The quantitative estimate of drug-likeness (QED) is 0.500. The zero-order chi connectivity index (χ0) is 19.2. The van der Waals surface area contributed by atoms with E-state index in [4.69, 9.17) is 16.3 Å². The number of benzene rings is 1. The van der Waals surface area contributed by atoms with Gasteiger partial charge in [-0.1, -0.05) is 12.1 Å². The highest BCUT2D eigenvalue weighted by Crippen LogP contribution is 2.37. The van der Waals surface area contributed by atoms with Gasteiger partial charge in [0.05, 0.1) is 0 Å². The Bertz CT molecular complexity index is 607. The van der Waals surface area contributed by atoms with Crippen LogP contribution in [0.25, 0.3) is 0 Å². The first-order valence-corrected chi connectivity index (χ1v) is 9.46. The van der Waals surface area contributed by atoms with Crippen molar-refractivity contribution in [1.29, 1.82) is 0 Å². The predicted molar refractivity (Wildman–Crippen MR) is 104 cm³/mol. The number of rotatable bonds is 7. The molecule has 1 aliphatic rings. The highest BCUT2D eigenvalue weighted by molar-refractivity contribution is 6.27. The summed E-state index contributed by atoms with van der Waals surface area (Å²) >= 11 is 5.50. The van der Waals surface area contributed by atoms with Gasteiger partial charge in [-0.25, -0.2) is 4.79 Å². The lowest BCUT2D eigenvalue weighted by Crippen LogP contribution is -2.43. The van der Waals surface area contributed by atoms with Gasteiger partial charge in [0.2, 0.25) is 5.91 Å². The van der Waals surface area contributed by atoms with E-state index in [1.807, 2.05) is 32.9 Å². The van der Waals surface area contributed by atoms with Crippen molar-refractivity contribution >= 4 is 29.3 Å². The summed E-state index contributed by atoms with van der Waals surface area (Å²) < 4.78 is 5.18. The molecule has 7 heteroatoms. The van der Waals surface area contributed by atoms with E-state index in [9.17, 15) is 9.59 Å². The number of hydrogen-bond donors (Lipinski definition) is 3. The van der Waals surface area contributed by atoms with Gasteiger partial charge in [-0.2, -0.15) is 0 Å². The fraction of sp³-hybridized carbons (Fsp3) is 0.579. The van der Waals surface area contributed by atoms with Crippen LogP contribution in [0.4, 0.5) is 10.5 Å². The minimum absolute atomic E-state index is 0.0182. The normalized spacial score (nSPS) is 19.2. The monoisotopic (exact) mass is 381 g/mol. The van der Waals surface area contributed by atoms with Crippen LogP contribution >= 0.6 is 11.6 Å². The van der Waals surface area contributed by atoms with Gasteiger partial charge in [-0.3, -0.25) is 4.79 Å². The number of hydrogen-bond acceptors (Lipinski definition) is 4. The standard InChI is InChI=1S/C19H28ClN3O3/c1-19(2,3)26-18(25)22-9-8-21-15-6-4-13(5-7-15)14-10-16(11-14)23-17(24)12-20/h4-7,14,16,21H,8-12H2,1-3H3,(H,22,25)(H,23,24). The molecule has 3 N–H and O–H groups in total. The van der Waals surface area contributed by atoms with E-state index < -0.39 is 11.7 Å². The maximum Gasteiger partial charge on any atom is 0.407 e. The Morgan fingerprint density at radius 2 is 1.81 bits per heavy atom. The Labute approximate surface area is 160 Å². The van der Waals surface area contributed by atoms with Crippen molar-refractivity contribution in [2.24, 2.45) is 0 Å². The number of halogens is 1. The van der Waals surface area contributed by atoms with Crippen LogP contribution in [0, 0.1) is 0 Å². The van der Waals surface area contributed by atoms with Gasteiger partial charge in [-0.05, 0) is 57.2 Å². The van der Waals surface area contributed by atoms with Crippen molar-refractivity contribution in [2.45, 2.75) is 51.2 Å². The summed E-state index contributed by atoms with van der Waals surface area (Å²) in [4.78, 5) is 22.8. The molecule has 0 heterocycles. The first kappa shape index (κ1) is 20.4. The summed E-state index contributed by atoms with van der Waals surface area (Å²) in [6, 6.07) is 8.52. The second kappa shape index (κ2) is 9.12. The number of ether oxygens (including phenoxy) is 1. The topological polar surface area (TPSA) is 79.5 Å². The first-order valence-electron chi connectivity index (χ1n) is 8.93. The van der Waals surface area contributed by atoms with Crippen molar-refractivity contribution in [3.8, 4) is 0 Å². The summed E-state index contributed by atoms with van der Waals surface area (Å²) in [5.41, 5.74) is 1.80. The van der Waals surface area contributed by atoms with E-state index in [2.05, 4.69) is 28.1 Å². The van der Waals surface area contributed by atoms with E-state index in [1.54, 1.807) is 0 Å². The molecule has 1 saturated carbocycles. The molecule has 0 aliphatic heterocycles. The highest BCUT2D eigenvalue weighted by Gasteiger charge is 2.31. The molecule has 1 aromatic rings. The van der Waals surface area contributed by atoms with Crippen molar-refractivity contribution < 1.29 is 14.3 Å². The molecule has 0 spiro atoms. The Morgan fingerprint density at radius 3 is 2.38 bits per heavy atom. The molecule has 2 amide bonds. The molecule has 144 valence electrons. The number of alkyl halides is 1. The predicted octanol–water partition coefficient (Wildman–Crippen LogP) is 3.22. The molecule has 6 nitrogen and oxygen atoms in total. The number of anilines is 1. The zero-order valence-corrected chi connectivity index (χ0v) is 16.4. The van der Waals surface area contributed by atoms with Crippen molar-refractivity contribution in [1.82, 2.24) is 10.6 Å². The van der Waals surface area contributed by atoms with E-state index >= 15 is 0 Å². The average Bonchev–Trinajstić information content (AvgIpc) is 2.53. The Kier molecular flexibility index (Phi) is 7.14. The first-order chi connectivity index (χ1) is 12.3. The molecule has 0 saturated heterocycles. The third-order valence-corrected chi connectivity index (χ3v) is 4.37. The molecule has 0 bridgehead atoms. The number of nitrogens with one attached hydrogen (secondary N) is 3. The fourth-order valence-corrected chi connectivity index (χ4v) is 2.91. The van der Waals surface area contributed by atoms with Gasteiger partial charge < -0.3 is 20.7 Å².